The average molecular weight is 216 g/mol. The van der Waals surface area contributed by atoms with Crippen molar-refractivity contribution in [2.75, 3.05) is 0 Å². The second-order valence-corrected chi connectivity index (χ2v) is 3.78. The van der Waals surface area contributed by atoms with Crippen LogP contribution in [0.1, 0.15) is 24.6 Å². The first-order chi connectivity index (χ1) is 7.83. The molecule has 4 nitrogen and oxygen atoms in total. The van der Waals surface area contributed by atoms with E-state index in [0.29, 0.717) is 6.54 Å². The Morgan fingerprint density at radius 1 is 1.25 bits per heavy atom. The molecule has 0 radical (unpaired) electrons. The van der Waals surface area contributed by atoms with E-state index < -0.39 is 0 Å². The van der Waals surface area contributed by atoms with Gasteiger partial charge in [-0.2, -0.15) is 0 Å². The topological polar surface area (TPSA) is 56.7 Å². The van der Waals surface area contributed by atoms with Crippen LogP contribution in [-0.2, 0) is 13.0 Å². The summed E-state index contributed by atoms with van der Waals surface area (Å²) in [7, 11) is 0. The van der Waals surface area contributed by atoms with Gasteiger partial charge in [-0.05, 0) is 24.1 Å². The lowest BCUT2D eigenvalue weighted by Gasteiger charge is -2.02. The summed E-state index contributed by atoms with van der Waals surface area (Å²) in [5.74, 6) is 0. The van der Waals surface area contributed by atoms with Crippen LogP contribution in [0.2, 0.25) is 0 Å². The number of benzene rings is 1. The Kier molecular flexibility index (Phi) is 3.31. The van der Waals surface area contributed by atoms with Crippen molar-refractivity contribution in [2.45, 2.75) is 26.3 Å². The lowest BCUT2D eigenvalue weighted by atomic mass is 10.1. The van der Waals surface area contributed by atoms with E-state index in [-0.39, 0.29) is 0 Å². The standard InChI is InChI=1S/C12H16N4/c1-2-3-10-4-6-12(7-5-10)16-9-11(8-13)14-15-16/h4-7,9H,2-3,8,13H2,1H3. The molecule has 0 aliphatic heterocycles. The smallest absolute Gasteiger partial charge is 0.0967 e. The Hall–Kier alpha value is -1.68. The number of hydrogen-bond donors (Lipinski definition) is 1. The number of aryl methyl sites for hydroxylation is 1. The molecule has 4 heteroatoms. The zero-order valence-electron chi connectivity index (χ0n) is 9.43. The molecule has 0 bridgehead atoms. The first-order valence-corrected chi connectivity index (χ1v) is 5.54. The Bertz CT molecular complexity index is 444. The van der Waals surface area contributed by atoms with Crippen LogP contribution in [0.25, 0.3) is 5.69 Å². The maximum absolute atomic E-state index is 5.49. The minimum atomic E-state index is 0.425. The summed E-state index contributed by atoms with van der Waals surface area (Å²) in [6, 6.07) is 8.37. The third-order valence-corrected chi connectivity index (χ3v) is 2.49. The Balaban J connectivity index is 2.20. The van der Waals surface area contributed by atoms with Gasteiger partial charge >= 0.3 is 0 Å². The van der Waals surface area contributed by atoms with Crippen molar-refractivity contribution in [3.05, 3.63) is 41.7 Å². The SMILES string of the molecule is CCCc1ccc(-n2cc(CN)nn2)cc1. The Morgan fingerprint density at radius 3 is 2.56 bits per heavy atom. The third kappa shape index (κ3) is 2.28. The van der Waals surface area contributed by atoms with E-state index in [4.69, 9.17) is 5.73 Å². The van der Waals surface area contributed by atoms with Crippen LogP contribution in [0.5, 0.6) is 0 Å². The first-order valence-electron chi connectivity index (χ1n) is 5.54. The van der Waals surface area contributed by atoms with Gasteiger partial charge in [-0.15, -0.1) is 5.10 Å². The van der Waals surface area contributed by atoms with Gasteiger partial charge in [0, 0.05) is 6.54 Å². The van der Waals surface area contributed by atoms with Gasteiger partial charge in [0.25, 0.3) is 0 Å². The van der Waals surface area contributed by atoms with E-state index >= 15 is 0 Å². The van der Waals surface area contributed by atoms with Gasteiger partial charge in [-0.25, -0.2) is 4.68 Å². The van der Waals surface area contributed by atoms with Crippen molar-refractivity contribution >= 4 is 0 Å². The van der Waals surface area contributed by atoms with Gasteiger partial charge in [0.2, 0.25) is 0 Å². The van der Waals surface area contributed by atoms with Crippen LogP contribution in [0.15, 0.2) is 30.5 Å². The predicted molar refractivity (Wildman–Crippen MR) is 63.2 cm³/mol. The highest BCUT2D eigenvalue weighted by Crippen LogP contribution is 2.10. The summed E-state index contributed by atoms with van der Waals surface area (Å²) in [4.78, 5) is 0. The molecule has 0 spiro atoms. The molecule has 2 N–H and O–H groups in total. The zero-order chi connectivity index (χ0) is 11.4. The van der Waals surface area contributed by atoms with Gasteiger partial charge in [0.15, 0.2) is 0 Å². The fraction of sp³-hybridized carbons (Fsp3) is 0.333. The summed E-state index contributed by atoms with van der Waals surface area (Å²) >= 11 is 0. The second-order valence-electron chi connectivity index (χ2n) is 3.78. The first kappa shape index (κ1) is 10.8. The van der Waals surface area contributed by atoms with Crippen molar-refractivity contribution in [2.24, 2.45) is 5.73 Å². The molecule has 2 rings (SSSR count). The fourth-order valence-corrected chi connectivity index (χ4v) is 1.62. The van der Waals surface area contributed by atoms with Crippen LogP contribution in [-0.4, -0.2) is 15.0 Å². The molecule has 1 aromatic carbocycles. The van der Waals surface area contributed by atoms with E-state index in [1.165, 1.54) is 12.0 Å². The molecular formula is C12H16N4. The van der Waals surface area contributed by atoms with Crippen molar-refractivity contribution in [1.82, 2.24) is 15.0 Å². The molecule has 16 heavy (non-hydrogen) atoms. The van der Waals surface area contributed by atoms with Crippen molar-refractivity contribution in [1.29, 1.82) is 0 Å². The lowest BCUT2D eigenvalue weighted by Crippen LogP contribution is -1.96. The monoisotopic (exact) mass is 216 g/mol. The average Bonchev–Trinajstić information content (AvgIpc) is 2.79. The molecular weight excluding hydrogens is 200 g/mol. The van der Waals surface area contributed by atoms with Gasteiger partial charge in [0.05, 0.1) is 17.6 Å². The lowest BCUT2D eigenvalue weighted by molar-refractivity contribution is 0.795. The van der Waals surface area contributed by atoms with E-state index in [2.05, 4.69) is 41.5 Å². The normalized spacial score (nSPS) is 10.6. The van der Waals surface area contributed by atoms with Gasteiger partial charge < -0.3 is 5.73 Å². The summed E-state index contributed by atoms with van der Waals surface area (Å²) in [6.07, 6.45) is 4.14. The highest BCUT2D eigenvalue weighted by molar-refractivity contribution is 5.33. The number of nitrogens with two attached hydrogens (primary N) is 1. The Morgan fingerprint density at radius 2 is 2.00 bits per heavy atom. The van der Waals surface area contributed by atoms with Crippen LogP contribution in [0.4, 0.5) is 0 Å². The van der Waals surface area contributed by atoms with Crippen LogP contribution in [0.3, 0.4) is 0 Å². The molecule has 0 unspecified atom stereocenters. The number of hydrogen-bond acceptors (Lipinski definition) is 3. The highest BCUT2D eigenvalue weighted by atomic mass is 15.4. The van der Waals surface area contributed by atoms with E-state index in [9.17, 15) is 0 Å². The Labute approximate surface area is 95.1 Å². The van der Waals surface area contributed by atoms with E-state index in [0.717, 1.165) is 17.8 Å². The third-order valence-electron chi connectivity index (χ3n) is 2.49. The minimum absolute atomic E-state index is 0.425. The molecule has 2 aromatic rings. The molecule has 0 atom stereocenters. The second kappa shape index (κ2) is 4.90. The zero-order valence-corrected chi connectivity index (χ0v) is 9.43. The molecule has 0 fully saturated rings. The molecule has 0 aliphatic rings. The summed E-state index contributed by atoms with van der Waals surface area (Å²) in [5, 5.41) is 7.98. The minimum Gasteiger partial charge on any atom is -0.325 e. The number of aromatic nitrogens is 3. The fourth-order valence-electron chi connectivity index (χ4n) is 1.62. The molecule has 0 aliphatic carbocycles. The van der Waals surface area contributed by atoms with Crippen LogP contribution >= 0.6 is 0 Å². The predicted octanol–water partition coefficient (Wildman–Crippen LogP) is 1.68. The van der Waals surface area contributed by atoms with E-state index in [1.807, 2.05) is 6.20 Å². The highest BCUT2D eigenvalue weighted by Gasteiger charge is 2.00. The van der Waals surface area contributed by atoms with E-state index in [1.54, 1.807) is 4.68 Å². The van der Waals surface area contributed by atoms with Gasteiger partial charge in [0.1, 0.15) is 0 Å². The van der Waals surface area contributed by atoms with Crippen LogP contribution in [0, 0.1) is 0 Å². The van der Waals surface area contributed by atoms with Crippen molar-refractivity contribution < 1.29 is 0 Å². The van der Waals surface area contributed by atoms with Gasteiger partial charge in [-0.3, -0.25) is 0 Å². The summed E-state index contributed by atoms with van der Waals surface area (Å²) < 4.78 is 1.75. The number of nitrogens with zero attached hydrogens (tertiary/aromatic N) is 3. The number of rotatable bonds is 4. The van der Waals surface area contributed by atoms with Crippen molar-refractivity contribution in [3.8, 4) is 5.69 Å². The molecule has 1 aromatic heterocycles. The summed E-state index contributed by atoms with van der Waals surface area (Å²) in [5.41, 5.74) is 8.67. The largest absolute Gasteiger partial charge is 0.325 e. The van der Waals surface area contributed by atoms with Crippen LogP contribution < -0.4 is 5.73 Å². The maximum Gasteiger partial charge on any atom is 0.0967 e. The molecule has 84 valence electrons. The maximum atomic E-state index is 5.49. The molecule has 0 saturated heterocycles. The van der Waals surface area contributed by atoms with Gasteiger partial charge in [-0.1, -0.05) is 30.7 Å². The molecule has 0 saturated carbocycles. The quantitative estimate of drug-likeness (QED) is 0.846. The molecule has 0 amide bonds. The summed E-state index contributed by atoms with van der Waals surface area (Å²) in [6.45, 7) is 2.60. The molecule has 1 heterocycles. The van der Waals surface area contributed by atoms with Crippen molar-refractivity contribution in [3.63, 3.8) is 0 Å².